The quantitative estimate of drug-likeness (QED) is 0.0837. The number of benzene rings is 5. The Hall–Kier alpha value is -7.36. The van der Waals surface area contributed by atoms with Crippen molar-refractivity contribution in [3.63, 3.8) is 0 Å². The molecular weight excluding hydrogens is 867 g/mol. The smallest absolute Gasteiger partial charge is 0.407 e. The molecule has 0 saturated carbocycles. The third-order valence-electron chi connectivity index (χ3n) is 10.4. The summed E-state index contributed by atoms with van der Waals surface area (Å²) in [5.74, 6) is 1.48. The van der Waals surface area contributed by atoms with E-state index in [1.54, 1.807) is 104 Å². The van der Waals surface area contributed by atoms with Crippen molar-refractivity contribution in [2.45, 2.75) is 34.7 Å². The van der Waals surface area contributed by atoms with Gasteiger partial charge in [0.05, 0.1) is 44.5 Å². The molecule has 1 fully saturated rings. The lowest BCUT2D eigenvalue weighted by Gasteiger charge is -2.37. The molecule has 1 saturated heterocycles. The van der Waals surface area contributed by atoms with Gasteiger partial charge in [0.1, 0.15) is 27.4 Å². The Morgan fingerprint density at radius 3 is 1.92 bits per heavy atom. The van der Waals surface area contributed by atoms with E-state index in [0.717, 1.165) is 14.8 Å². The fourth-order valence-electron chi connectivity index (χ4n) is 6.96. The number of carboxylic acid groups (broad SMARTS) is 1. The Bertz CT molecular complexity index is 2850. The van der Waals surface area contributed by atoms with Gasteiger partial charge in [0.15, 0.2) is 9.84 Å². The molecule has 0 bridgehead atoms. The second kappa shape index (κ2) is 18.9. The van der Waals surface area contributed by atoms with E-state index in [4.69, 9.17) is 19.9 Å². The van der Waals surface area contributed by atoms with Crippen LogP contribution in [0.15, 0.2) is 124 Å². The van der Waals surface area contributed by atoms with E-state index in [1.165, 1.54) is 37.4 Å². The molecule has 1 aliphatic heterocycles. The number of ether oxygens (including phenoxy) is 3. The zero-order valence-corrected chi connectivity index (χ0v) is 36.4. The molecule has 0 spiro atoms. The zero-order valence-electron chi connectivity index (χ0n) is 34.7. The number of sulfonamides is 1. The van der Waals surface area contributed by atoms with Crippen molar-refractivity contribution >= 4 is 38.2 Å². The number of rotatable bonds is 17. The molecule has 19 nitrogen and oxygen atoms in total. The highest BCUT2D eigenvalue weighted by molar-refractivity contribution is 7.94. The van der Waals surface area contributed by atoms with Crippen LogP contribution in [-0.2, 0) is 39.5 Å². The summed E-state index contributed by atoms with van der Waals surface area (Å²) in [6.07, 6.45) is 0.0111. The van der Waals surface area contributed by atoms with E-state index >= 15 is 8.42 Å². The second-order valence-electron chi connectivity index (χ2n) is 14.5. The number of nitrogens with two attached hydrogens (primary N) is 1. The summed E-state index contributed by atoms with van der Waals surface area (Å²) in [7, 11) is -4.99. The number of hydrogen-bond acceptors (Lipinski definition) is 13. The fraction of sp³-hybridized carbons (Fsp3) is 0.209. The van der Waals surface area contributed by atoms with Crippen LogP contribution in [0.4, 0.5) is 9.59 Å². The van der Waals surface area contributed by atoms with Gasteiger partial charge in [0.2, 0.25) is 15.8 Å². The SMILES string of the molecule is COc1ccc(CN(Cc2ccc(OC)cc2)S(=O)(=O)c2c(S(=O)(=O)C3CN(C(=O)O)C3)ccc(-c3cccc(C=NNC(N)=O)c3)c2-c2nnn(Cc3ccc(OC)cc3)n2)cc1. The molecule has 1 aromatic heterocycles. The molecule has 64 heavy (non-hydrogen) atoms. The molecule has 5 aromatic carbocycles. The lowest BCUT2D eigenvalue weighted by Crippen LogP contribution is -2.56. The molecule has 7 rings (SSSR count). The van der Waals surface area contributed by atoms with Crippen molar-refractivity contribution < 1.29 is 45.7 Å². The van der Waals surface area contributed by atoms with Gasteiger partial charge in [-0.25, -0.2) is 31.9 Å². The zero-order chi connectivity index (χ0) is 45.6. The fourth-order valence-corrected chi connectivity index (χ4v) is 11.0. The van der Waals surface area contributed by atoms with Crippen LogP contribution in [0.1, 0.15) is 22.3 Å². The average molecular weight is 910 g/mol. The first-order valence-corrected chi connectivity index (χ1v) is 22.4. The number of tetrazole rings is 1. The van der Waals surface area contributed by atoms with Crippen molar-refractivity contribution in [1.82, 2.24) is 34.8 Å². The molecule has 3 amide bonds. The molecule has 4 N–H and O–H groups in total. The van der Waals surface area contributed by atoms with Crippen molar-refractivity contribution in [3.8, 4) is 39.8 Å². The first kappa shape index (κ1) is 44.7. The van der Waals surface area contributed by atoms with Crippen LogP contribution in [0.25, 0.3) is 22.5 Å². The van der Waals surface area contributed by atoms with Crippen molar-refractivity contribution in [3.05, 3.63) is 131 Å². The Kier molecular flexibility index (Phi) is 13.2. The summed E-state index contributed by atoms with van der Waals surface area (Å²) in [6, 6.07) is 29.0. The lowest BCUT2D eigenvalue weighted by molar-refractivity contribution is 0.119. The standard InChI is InChI=1S/C43H43N9O10S2/c1-60-33-13-7-28(8-14-33)23-51(24-29-9-15-34(61-2)16-10-29)64(58,59)40-38(63(56,57)36-26-50(27-36)43(54)55)20-19-37(32-6-4-5-31(21-32)22-45-47-42(44)53)39(40)41-46-49-52(48-41)25-30-11-17-35(62-3)18-12-30/h4-22,36H,23-27H2,1-3H3,(H,54,55)(H3,44,47,53). The number of primary amides is 1. The number of hydrogen-bond donors (Lipinski definition) is 3. The summed E-state index contributed by atoms with van der Waals surface area (Å²) in [4.78, 5) is 24.1. The highest BCUT2D eigenvalue weighted by Crippen LogP contribution is 2.43. The van der Waals surface area contributed by atoms with E-state index < -0.39 is 47.0 Å². The number of hydrazone groups is 1. The summed E-state index contributed by atoms with van der Waals surface area (Å²) in [6.45, 7) is -1.12. The van der Waals surface area contributed by atoms with Crippen LogP contribution in [0.2, 0.25) is 0 Å². The number of carbonyl (C=O) groups excluding carboxylic acids is 1. The van der Waals surface area contributed by atoms with Gasteiger partial charge in [-0.3, -0.25) is 0 Å². The number of likely N-dealkylation sites (tertiary alicyclic amines) is 1. The maximum Gasteiger partial charge on any atom is 0.407 e. The predicted octanol–water partition coefficient (Wildman–Crippen LogP) is 4.61. The summed E-state index contributed by atoms with van der Waals surface area (Å²) >= 11 is 0. The van der Waals surface area contributed by atoms with Gasteiger partial charge in [-0.1, -0.05) is 60.7 Å². The van der Waals surface area contributed by atoms with E-state index in [9.17, 15) is 23.1 Å². The van der Waals surface area contributed by atoms with Gasteiger partial charge in [-0.2, -0.15) is 14.2 Å². The highest BCUT2D eigenvalue weighted by atomic mass is 32.2. The molecule has 6 aromatic rings. The normalized spacial score (nSPS) is 13.2. The number of carbonyl (C=O) groups is 2. The number of nitrogens with one attached hydrogen (secondary N) is 1. The Morgan fingerprint density at radius 2 is 1.39 bits per heavy atom. The maximum absolute atomic E-state index is 15.9. The van der Waals surface area contributed by atoms with Crippen molar-refractivity contribution in [2.24, 2.45) is 10.8 Å². The first-order chi connectivity index (χ1) is 30.7. The summed E-state index contributed by atoms with van der Waals surface area (Å²) in [5, 5.41) is 25.5. The third kappa shape index (κ3) is 9.80. The molecule has 1 aliphatic rings. The van der Waals surface area contributed by atoms with Crippen LogP contribution in [-0.4, -0.2) is 109 Å². The van der Waals surface area contributed by atoms with Gasteiger partial charge in [-0.05, 0) is 87.1 Å². The number of amides is 3. The van der Waals surface area contributed by atoms with Crippen LogP contribution in [0.5, 0.6) is 17.2 Å². The molecule has 0 atom stereocenters. The topological polar surface area (TPSA) is 251 Å². The van der Waals surface area contributed by atoms with Crippen LogP contribution >= 0.6 is 0 Å². The average Bonchev–Trinajstić information content (AvgIpc) is 3.73. The van der Waals surface area contributed by atoms with Crippen LogP contribution < -0.4 is 25.4 Å². The number of aromatic nitrogens is 4. The molecule has 21 heteroatoms. The van der Waals surface area contributed by atoms with E-state index in [1.807, 2.05) is 0 Å². The lowest BCUT2D eigenvalue weighted by atomic mass is 9.97. The van der Waals surface area contributed by atoms with Crippen molar-refractivity contribution in [2.75, 3.05) is 34.4 Å². The Balaban J connectivity index is 1.48. The van der Waals surface area contributed by atoms with Gasteiger partial charge in [-0.15, -0.1) is 10.2 Å². The monoisotopic (exact) mass is 909 g/mol. The van der Waals surface area contributed by atoms with E-state index in [2.05, 4.69) is 25.9 Å². The van der Waals surface area contributed by atoms with Gasteiger partial charge in [0, 0.05) is 26.2 Å². The minimum absolute atomic E-state index is 0.0966. The molecule has 2 heterocycles. The number of urea groups is 1. The number of methoxy groups -OCH3 is 3. The largest absolute Gasteiger partial charge is 0.497 e. The maximum atomic E-state index is 15.9. The van der Waals surface area contributed by atoms with Crippen molar-refractivity contribution in [1.29, 1.82) is 0 Å². The summed E-state index contributed by atoms with van der Waals surface area (Å²) in [5.41, 5.74) is 10.1. The molecular formula is C43H43N9O10S2. The highest BCUT2D eigenvalue weighted by Gasteiger charge is 2.45. The Labute approximate surface area is 368 Å². The molecule has 0 unspecified atom stereocenters. The molecule has 332 valence electrons. The Morgan fingerprint density at radius 1 is 0.828 bits per heavy atom. The summed E-state index contributed by atoms with van der Waals surface area (Å²) < 4.78 is 78.6. The van der Waals surface area contributed by atoms with Gasteiger partial charge in [0.25, 0.3) is 0 Å². The predicted molar refractivity (Wildman–Crippen MR) is 234 cm³/mol. The minimum Gasteiger partial charge on any atom is -0.497 e. The van der Waals surface area contributed by atoms with Gasteiger partial charge >= 0.3 is 12.1 Å². The third-order valence-corrected chi connectivity index (χ3v) is 14.5. The molecule has 0 aliphatic carbocycles. The van der Waals surface area contributed by atoms with E-state index in [-0.39, 0.29) is 49.7 Å². The second-order valence-corrected chi connectivity index (χ2v) is 18.6. The van der Waals surface area contributed by atoms with Gasteiger partial charge < -0.3 is 30.0 Å². The van der Waals surface area contributed by atoms with Crippen LogP contribution in [0, 0.1) is 0 Å². The number of sulfone groups is 1. The molecule has 0 radical (unpaired) electrons. The van der Waals surface area contributed by atoms with Crippen LogP contribution in [0.3, 0.4) is 0 Å². The number of nitrogens with zero attached hydrogens (tertiary/aromatic N) is 7. The first-order valence-electron chi connectivity index (χ1n) is 19.4. The minimum atomic E-state index is -4.95. The van der Waals surface area contributed by atoms with E-state index in [0.29, 0.717) is 39.5 Å².